The SMILES string of the molecule is CCNCc1ccc(S(=O)(=O)N(C)CCCOC)o1. The molecule has 110 valence electrons. The van der Waals surface area contributed by atoms with E-state index < -0.39 is 10.0 Å². The normalized spacial score (nSPS) is 12.2. The Kier molecular flexibility index (Phi) is 6.50. The van der Waals surface area contributed by atoms with Crippen molar-refractivity contribution in [3.05, 3.63) is 17.9 Å². The van der Waals surface area contributed by atoms with E-state index in [4.69, 9.17) is 9.15 Å². The molecule has 1 N–H and O–H groups in total. The van der Waals surface area contributed by atoms with Crippen LogP contribution in [-0.2, 0) is 21.3 Å². The Hall–Kier alpha value is -0.890. The number of sulfonamides is 1. The van der Waals surface area contributed by atoms with Crippen molar-refractivity contribution in [1.82, 2.24) is 9.62 Å². The topological polar surface area (TPSA) is 71.8 Å². The van der Waals surface area contributed by atoms with Gasteiger partial charge < -0.3 is 14.5 Å². The summed E-state index contributed by atoms with van der Waals surface area (Å²) in [4.78, 5) is 0. The Bertz CT molecular complexity index is 470. The van der Waals surface area contributed by atoms with E-state index in [1.165, 1.54) is 17.4 Å². The van der Waals surface area contributed by atoms with Crippen molar-refractivity contribution < 1.29 is 17.6 Å². The molecule has 0 spiro atoms. The Labute approximate surface area is 114 Å². The summed E-state index contributed by atoms with van der Waals surface area (Å²) >= 11 is 0. The number of hydrogen-bond donors (Lipinski definition) is 1. The van der Waals surface area contributed by atoms with Crippen molar-refractivity contribution in [2.45, 2.75) is 25.0 Å². The molecule has 1 rings (SSSR count). The third kappa shape index (κ3) is 4.61. The molecule has 0 aliphatic carbocycles. The maximum atomic E-state index is 12.2. The molecule has 0 aromatic carbocycles. The van der Waals surface area contributed by atoms with Crippen molar-refractivity contribution in [3.8, 4) is 0 Å². The van der Waals surface area contributed by atoms with Crippen molar-refractivity contribution in [2.75, 3.05) is 33.9 Å². The predicted octanol–water partition coefficient (Wildman–Crippen LogP) is 1.05. The van der Waals surface area contributed by atoms with E-state index in [1.54, 1.807) is 13.2 Å². The summed E-state index contributed by atoms with van der Waals surface area (Å²) in [5, 5.41) is 3.07. The molecule has 6 nitrogen and oxygen atoms in total. The second kappa shape index (κ2) is 7.64. The first-order chi connectivity index (χ1) is 9.02. The van der Waals surface area contributed by atoms with Gasteiger partial charge in [0, 0.05) is 27.3 Å². The lowest BCUT2D eigenvalue weighted by Gasteiger charge is -2.14. The van der Waals surface area contributed by atoms with E-state index in [1.807, 2.05) is 6.92 Å². The summed E-state index contributed by atoms with van der Waals surface area (Å²) in [5.41, 5.74) is 0. The summed E-state index contributed by atoms with van der Waals surface area (Å²) in [6.07, 6.45) is 0.650. The van der Waals surface area contributed by atoms with Crippen LogP contribution in [0.4, 0.5) is 0 Å². The first kappa shape index (κ1) is 16.2. The molecule has 0 atom stereocenters. The van der Waals surface area contributed by atoms with Gasteiger partial charge >= 0.3 is 0 Å². The molecule has 1 aromatic rings. The van der Waals surface area contributed by atoms with E-state index >= 15 is 0 Å². The number of methoxy groups -OCH3 is 1. The maximum absolute atomic E-state index is 12.2. The van der Waals surface area contributed by atoms with Crippen LogP contribution in [0.15, 0.2) is 21.6 Å². The molecule has 19 heavy (non-hydrogen) atoms. The molecular formula is C12H22N2O4S. The van der Waals surface area contributed by atoms with Gasteiger partial charge in [-0.25, -0.2) is 8.42 Å². The number of hydrogen-bond acceptors (Lipinski definition) is 5. The Morgan fingerprint density at radius 1 is 1.42 bits per heavy atom. The highest BCUT2D eigenvalue weighted by Gasteiger charge is 2.24. The molecule has 0 unspecified atom stereocenters. The quantitative estimate of drug-likeness (QED) is 0.688. The van der Waals surface area contributed by atoms with E-state index in [-0.39, 0.29) is 5.09 Å². The number of ether oxygens (including phenoxy) is 1. The summed E-state index contributed by atoms with van der Waals surface area (Å²) in [5.74, 6) is 0.616. The third-order valence-electron chi connectivity index (χ3n) is 2.67. The minimum Gasteiger partial charge on any atom is -0.447 e. The molecule has 0 bridgehead atoms. The molecule has 0 aliphatic heterocycles. The van der Waals surface area contributed by atoms with Gasteiger partial charge in [0.15, 0.2) is 0 Å². The average molecular weight is 290 g/mol. The summed E-state index contributed by atoms with van der Waals surface area (Å²) in [6.45, 7) is 4.24. The molecule has 0 aliphatic rings. The van der Waals surface area contributed by atoms with Crippen LogP contribution in [0.1, 0.15) is 19.1 Å². The molecular weight excluding hydrogens is 268 g/mol. The summed E-state index contributed by atoms with van der Waals surface area (Å²) < 4.78 is 35.9. The largest absolute Gasteiger partial charge is 0.447 e. The van der Waals surface area contributed by atoms with Gasteiger partial charge in [-0.3, -0.25) is 0 Å². The smallest absolute Gasteiger partial charge is 0.276 e. The fourth-order valence-corrected chi connectivity index (χ4v) is 2.67. The number of nitrogens with one attached hydrogen (secondary N) is 1. The Balaban J connectivity index is 2.68. The monoisotopic (exact) mass is 290 g/mol. The van der Waals surface area contributed by atoms with Crippen molar-refractivity contribution >= 4 is 10.0 Å². The van der Waals surface area contributed by atoms with Gasteiger partial charge in [-0.05, 0) is 25.1 Å². The third-order valence-corrected chi connectivity index (χ3v) is 4.40. The zero-order valence-corrected chi connectivity index (χ0v) is 12.5. The van der Waals surface area contributed by atoms with Gasteiger partial charge in [0.05, 0.1) is 6.54 Å². The van der Waals surface area contributed by atoms with Gasteiger partial charge in [-0.2, -0.15) is 4.31 Å². The number of furan rings is 1. The highest BCUT2D eigenvalue weighted by Crippen LogP contribution is 2.17. The highest BCUT2D eigenvalue weighted by molar-refractivity contribution is 7.89. The zero-order valence-electron chi connectivity index (χ0n) is 11.7. The molecule has 0 saturated heterocycles. The fourth-order valence-electron chi connectivity index (χ4n) is 1.55. The lowest BCUT2D eigenvalue weighted by molar-refractivity contribution is 0.189. The zero-order chi connectivity index (χ0) is 14.3. The van der Waals surface area contributed by atoms with Crippen LogP contribution in [-0.4, -0.2) is 46.6 Å². The fraction of sp³-hybridized carbons (Fsp3) is 0.667. The second-order valence-electron chi connectivity index (χ2n) is 4.17. The predicted molar refractivity (Wildman–Crippen MR) is 72.4 cm³/mol. The molecule has 0 amide bonds. The van der Waals surface area contributed by atoms with Gasteiger partial charge in [-0.1, -0.05) is 6.92 Å². The molecule has 0 saturated carbocycles. The minimum atomic E-state index is -3.54. The van der Waals surface area contributed by atoms with Crippen molar-refractivity contribution in [3.63, 3.8) is 0 Å². The highest BCUT2D eigenvalue weighted by atomic mass is 32.2. The maximum Gasteiger partial charge on any atom is 0.276 e. The molecule has 0 fully saturated rings. The number of nitrogens with zero attached hydrogens (tertiary/aromatic N) is 1. The van der Waals surface area contributed by atoms with E-state index in [9.17, 15) is 8.42 Å². The molecule has 7 heteroatoms. The first-order valence-corrected chi connectivity index (χ1v) is 7.71. The summed E-state index contributed by atoms with van der Waals surface area (Å²) in [7, 11) is -0.410. The standard InChI is InChI=1S/C12H22N2O4S/c1-4-13-10-11-6-7-12(18-11)19(15,16)14(2)8-5-9-17-3/h6-7,13H,4-5,8-10H2,1-3H3. The van der Waals surface area contributed by atoms with Crippen LogP contribution in [0.5, 0.6) is 0 Å². The Morgan fingerprint density at radius 2 is 2.16 bits per heavy atom. The van der Waals surface area contributed by atoms with Crippen LogP contribution >= 0.6 is 0 Å². The van der Waals surface area contributed by atoms with Gasteiger partial charge in [0.1, 0.15) is 5.76 Å². The van der Waals surface area contributed by atoms with Crippen LogP contribution in [0.25, 0.3) is 0 Å². The van der Waals surface area contributed by atoms with E-state index in [2.05, 4.69) is 5.32 Å². The lowest BCUT2D eigenvalue weighted by atomic mass is 10.4. The average Bonchev–Trinajstić information content (AvgIpc) is 2.85. The number of rotatable bonds is 9. The van der Waals surface area contributed by atoms with Crippen molar-refractivity contribution in [1.29, 1.82) is 0 Å². The van der Waals surface area contributed by atoms with E-state index in [0.29, 0.717) is 31.9 Å². The molecule has 1 heterocycles. The summed E-state index contributed by atoms with van der Waals surface area (Å²) in [6, 6.07) is 3.17. The van der Waals surface area contributed by atoms with Crippen LogP contribution < -0.4 is 5.32 Å². The van der Waals surface area contributed by atoms with Gasteiger partial charge in [0.2, 0.25) is 5.09 Å². The van der Waals surface area contributed by atoms with Gasteiger partial charge in [0.25, 0.3) is 10.0 Å². The first-order valence-electron chi connectivity index (χ1n) is 6.27. The van der Waals surface area contributed by atoms with Crippen LogP contribution in [0, 0.1) is 0 Å². The minimum absolute atomic E-state index is 0.0136. The molecule has 1 aromatic heterocycles. The lowest BCUT2D eigenvalue weighted by Crippen LogP contribution is -2.28. The van der Waals surface area contributed by atoms with Gasteiger partial charge in [-0.15, -0.1) is 0 Å². The van der Waals surface area contributed by atoms with Crippen LogP contribution in [0.3, 0.4) is 0 Å². The second-order valence-corrected chi connectivity index (χ2v) is 6.15. The van der Waals surface area contributed by atoms with Crippen molar-refractivity contribution in [2.24, 2.45) is 0 Å². The van der Waals surface area contributed by atoms with E-state index in [0.717, 1.165) is 6.54 Å². The molecule has 0 radical (unpaired) electrons. The van der Waals surface area contributed by atoms with Crippen LogP contribution in [0.2, 0.25) is 0 Å². The Morgan fingerprint density at radius 3 is 2.79 bits per heavy atom.